The summed E-state index contributed by atoms with van der Waals surface area (Å²) in [6.45, 7) is 4.30. The van der Waals surface area contributed by atoms with Gasteiger partial charge in [0.15, 0.2) is 0 Å². The van der Waals surface area contributed by atoms with Gasteiger partial charge < -0.3 is 5.32 Å². The Morgan fingerprint density at radius 2 is 0.839 bits per heavy atom. The van der Waals surface area contributed by atoms with Crippen LogP contribution in [0.2, 0.25) is 0 Å². The van der Waals surface area contributed by atoms with E-state index < -0.39 is 0 Å². The SMILES string of the molecule is CC(=Cc1ccc(Nc2ccc(C=C(C)c3ccccc3)cc2)cc1)c1ccccc1. The minimum Gasteiger partial charge on any atom is -0.356 e. The van der Waals surface area contributed by atoms with Crippen LogP contribution in [0.5, 0.6) is 0 Å². The molecule has 0 aliphatic heterocycles. The van der Waals surface area contributed by atoms with E-state index in [0.29, 0.717) is 0 Å². The van der Waals surface area contributed by atoms with Crippen LogP contribution in [0.4, 0.5) is 11.4 Å². The highest BCUT2D eigenvalue weighted by Crippen LogP contribution is 2.23. The predicted molar refractivity (Wildman–Crippen MR) is 136 cm³/mol. The zero-order valence-electron chi connectivity index (χ0n) is 18.0. The van der Waals surface area contributed by atoms with Crippen molar-refractivity contribution in [2.75, 3.05) is 5.32 Å². The number of nitrogens with one attached hydrogen (secondary N) is 1. The number of rotatable bonds is 6. The summed E-state index contributed by atoms with van der Waals surface area (Å²) in [7, 11) is 0. The van der Waals surface area contributed by atoms with E-state index in [2.05, 4.69) is 128 Å². The Bertz CT molecular complexity index is 1070. The van der Waals surface area contributed by atoms with Crippen LogP contribution in [0.1, 0.15) is 36.1 Å². The fraction of sp³-hybridized carbons (Fsp3) is 0.0667. The van der Waals surface area contributed by atoms with Crippen molar-refractivity contribution in [2.24, 2.45) is 0 Å². The van der Waals surface area contributed by atoms with Gasteiger partial charge in [-0.1, -0.05) is 97.1 Å². The van der Waals surface area contributed by atoms with E-state index >= 15 is 0 Å². The molecule has 0 heterocycles. The van der Waals surface area contributed by atoms with E-state index in [9.17, 15) is 0 Å². The number of hydrogen-bond donors (Lipinski definition) is 1. The molecule has 0 radical (unpaired) electrons. The van der Waals surface area contributed by atoms with Crippen LogP contribution in [-0.2, 0) is 0 Å². The van der Waals surface area contributed by atoms with Gasteiger partial charge in [0.1, 0.15) is 0 Å². The number of anilines is 2. The standard InChI is InChI=1S/C30H27N/c1-23(27-9-5-3-6-10-27)21-25-13-17-29(18-14-25)31-30-19-15-26(16-20-30)22-24(2)28-11-7-4-8-12-28/h3-22,31H,1-2H3. The normalized spacial score (nSPS) is 11.9. The first kappa shape index (κ1) is 20.4. The summed E-state index contributed by atoms with van der Waals surface area (Å²) < 4.78 is 0. The Balaban J connectivity index is 1.42. The summed E-state index contributed by atoms with van der Waals surface area (Å²) in [4.78, 5) is 0. The van der Waals surface area contributed by atoms with Crippen LogP contribution in [0.25, 0.3) is 23.3 Å². The van der Waals surface area contributed by atoms with Crippen LogP contribution in [-0.4, -0.2) is 0 Å². The molecule has 0 saturated carbocycles. The van der Waals surface area contributed by atoms with Gasteiger partial charge in [-0.25, -0.2) is 0 Å². The average molecular weight is 402 g/mol. The molecular weight excluding hydrogens is 374 g/mol. The molecule has 0 saturated heterocycles. The summed E-state index contributed by atoms with van der Waals surface area (Å²) in [5.41, 5.74) is 9.58. The second-order valence-corrected chi connectivity index (χ2v) is 7.76. The summed E-state index contributed by atoms with van der Waals surface area (Å²) in [6.07, 6.45) is 4.44. The smallest absolute Gasteiger partial charge is 0.0384 e. The molecule has 152 valence electrons. The Kier molecular flexibility index (Phi) is 6.44. The molecule has 0 bridgehead atoms. The van der Waals surface area contributed by atoms with Gasteiger partial charge in [0.2, 0.25) is 0 Å². The van der Waals surface area contributed by atoms with Crippen molar-refractivity contribution in [1.82, 2.24) is 0 Å². The Morgan fingerprint density at radius 3 is 1.19 bits per heavy atom. The summed E-state index contributed by atoms with van der Waals surface area (Å²) in [5, 5.41) is 3.49. The average Bonchev–Trinajstić information content (AvgIpc) is 2.82. The Hall–Kier alpha value is -3.84. The molecule has 31 heavy (non-hydrogen) atoms. The van der Waals surface area contributed by atoms with E-state index in [0.717, 1.165) is 11.4 Å². The third-order valence-corrected chi connectivity index (χ3v) is 5.33. The quantitative estimate of drug-likeness (QED) is 0.319. The Morgan fingerprint density at radius 1 is 0.484 bits per heavy atom. The summed E-state index contributed by atoms with van der Waals surface area (Å²) >= 11 is 0. The molecular formula is C30H27N. The van der Waals surface area contributed by atoms with Crippen molar-refractivity contribution in [2.45, 2.75) is 13.8 Å². The van der Waals surface area contributed by atoms with Gasteiger partial charge in [-0.15, -0.1) is 0 Å². The molecule has 0 unspecified atom stereocenters. The van der Waals surface area contributed by atoms with Crippen LogP contribution in [0, 0.1) is 0 Å². The molecule has 0 aliphatic carbocycles. The van der Waals surface area contributed by atoms with Crippen molar-refractivity contribution in [3.63, 3.8) is 0 Å². The third kappa shape index (κ3) is 5.61. The maximum atomic E-state index is 3.49. The molecule has 1 nitrogen and oxygen atoms in total. The van der Waals surface area contributed by atoms with Gasteiger partial charge >= 0.3 is 0 Å². The maximum Gasteiger partial charge on any atom is 0.0384 e. The molecule has 0 spiro atoms. The van der Waals surface area contributed by atoms with E-state index in [1.54, 1.807) is 0 Å². The lowest BCUT2D eigenvalue weighted by Crippen LogP contribution is -1.90. The number of allylic oxidation sites excluding steroid dienone is 2. The maximum absolute atomic E-state index is 3.49. The molecule has 0 amide bonds. The summed E-state index contributed by atoms with van der Waals surface area (Å²) in [5.74, 6) is 0. The molecule has 4 rings (SSSR count). The van der Waals surface area contributed by atoms with Gasteiger partial charge in [0, 0.05) is 11.4 Å². The van der Waals surface area contributed by atoms with Crippen molar-refractivity contribution in [3.05, 3.63) is 131 Å². The molecule has 0 fully saturated rings. The van der Waals surface area contributed by atoms with Gasteiger partial charge in [-0.3, -0.25) is 0 Å². The minimum atomic E-state index is 1.08. The third-order valence-electron chi connectivity index (χ3n) is 5.33. The molecule has 0 atom stereocenters. The summed E-state index contributed by atoms with van der Waals surface area (Å²) in [6, 6.07) is 38.0. The zero-order chi connectivity index (χ0) is 21.5. The monoisotopic (exact) mass is 401 g/mol. The lowest BCUT2D eigenvalue weighted by Gasteiger charge is -2.08. The van der Waals surface area contributed by atoms with E-state index in [1.165, 1.54) is 33.4 Å². The van der Waals surface area contributed by atoms with E-state index in [1.807, 2.05) is 12.1 Å². The lowest BCUT2D eigenvalue weighted by molar-refractivity contribution is 1.52. The topological polar surface area (TPSA) is 12.0 Å². The first-order valence-electron chi connectivity index (χ1n) is 10.6. The number of hydrogen-bond acceptors (Lipinski definition) is 1. The molecule has 4 aromatic rings. The Labute approximate surface area is 185 Å². The lowest BCUT2D eigenvalue weighted by atomic mass is 10.0. The van der Waals surface area contributed by atoms with Gasteiger partial charge in [-0.05, 0) is 71.5 Å². The predicted octanol–water partition coefficient (Wildman–Crippen LogP) is 8.55. The van der Waals surface area contributed by atoms with Crippen molar-refractivity contribution >= 4 is 34.7 Å². The first-order valence-corrected chi connectivity index (χ1v) is 10.6. The van der Waals surface area contributed by atoms with Crippen molar-refractivity contribution in [3.8, 4) is 0 Å². The van der Waals surface area contributed by atoms with Gasteiger partial charge in [0.05, 0.1) is 0 Å². The number of benzene rings is 4. The highest BCUT2D eigenvalue weighted by atomic mass is 14.9. The first-order chi connectivity index (χ1) is 15.2. The highest BCUT2D eigenvalue weighted by Gasteiger charge is 1.99. The minimum absolute atomic E-state index is 1.08. The molecule has 1 heteroatoms. The van der Waals surface area contributed by atoms with Crippen LogP contribution >= 0.6 is 0 Å². The zero-order valence-corrected chi connectivity index (χ0v) is 18.0. The van der Waals surface area contributed by atoms with E-state index in [-0.39, 0.29) is 0 Å². The van der Waals surface area contributed by atoms with Crippen LogP contribution in [0.15, 0.2) is 109 Å². The van der Waals surface area contributed by atoms with Crippen molar-refractivity contribution < 1.29 is 0 Å². The van der Waals surface area contributed by atoms with Crippen LogP contribution < -0.4 is 5.32 Å². The van der Waals surface area contributed by atoms with Gasteiger partial charge in [-0.2, -0.15) is 0 Å². The molecule has 0 aliphatic rings. The fourth-order valence-electron chi connectivity index (χ4n) is 3.56. The second kappa shape index (κ2) is 9.77. The highest BCUT2D eigenvalue weighted by molar-refractivity contribution is 5.81. The van der Waals surface area contributed by atoms with Gasteiger partial charge in [0.25, 0.3) is 0 Å². The molecule has 0 aromatic heterocycles. The van der Waals surface area contributed by atoms with Crippen molar-refractivity contribution in [1.29, 1.82) is 0 Å². The van der Waals surface area contributed by atoms with E-state index in [4.69, 9.17) is 0 Å². The molecule has 1 N–H and O–H groups in total. The fourth-order valence-corrected chi connectivity index (χ4v) is 3.56. The second-order valence-electron chi connectivity index (χ2n) is 7.76. The van der Waals surface area contributed by atoms with Crippen LogP contribution in [0.3, 0.4) is 0 Å². The molecule has 4 aromatic carbocycles. The largest absolute Gasteiger partial charge is 0.356 e.